The predicted octanol–water partition coefficient (Wildman–Crippen LogP) is 3.74. The molecule has 0 saturated carbocycles. The first kappa shape index (κ1) is 24.1. The first-order valence-electron chi connectivity index (χ1n) is 12.6. The molecule has 2 aliphatic heterocycles. The van der Waals surface area contributed by atoms with Gasteiger partial charge >= 0.3 is 6.03 Å². The summed E-state index contributed by atoms with van der Waals surface area (Å²) in [5, 5.41) is 4.54. The quantitative estimate of drug-likeness (QED) is 0.453. The molecule has 3 aromatic rings. The minimum absolute atomic E-state index is 0.0355. The van der Waals surface area contributed by atoms with Crippen LogP contribution in [0.3, 0.4) is 0 Å². The number of imide groups is 1. The number of nitrogens with zero attached hydrogens (tertiary/aromatic N) is 5. The molecule has 2 aliphatic rings. The third-order valence-corrected chi connectivity index (χ3v) is 7.46. The van der Waals surface area contributed by atoms with Crippen LogP contribution in [0.2, 0.25) is 0 Å². The van der Waals surface area contributed by atoms with Gasteiger partial charge in [0.05, 0.1) is 13.3 Å². The van der Waals surface area contributed by atoms with Gasteiger partial charge in [0.25, 0.3) is 5.91 Å². The summed E-state index contributed by atoms with van der Waals surface area (Å²) in [6.45, 7) is 5.08. The number of likely N-dealkylation sites (N-methyl/N-ethyl adjacent to an activating group) is 1. The number of methoxy groups -OCH3 is 1. The Bertz CT molecular complexity index is 1220. The number of para-hydroxylation sites is 2. The molecule has 0 aliphatic carbocycles. The Morgan fingerprint density at radius 1 is 0.972 bits per heavy atom. The number of urea groups is 1. The Hall–Kier alpha value is -3.65. The maximum atomic E-state index is 13.5. The number of rotatable bonds is 8. The summed E-state index contributed by atoms with van der Waals surface area (Å²) in [4.78, 5) is 32.3. The second-order valence-electron chi connectivity index (χ2n) is 9.49. The van der Waals surface area contributed by atoms with Gasteiger partial charge in [0.2, 0.25) is 0 Å². The van der Waals surface area contributed by atoms with E-state index in [9.17, 15) is 9.59 Å². The fourth-order valence-corrected chi connectivity index (χ4v) is 5.47. The largest absolute Gasteiger partial charge is 0.494 e. The van der Waals surface area contributed by atoms with E-state index in [-0.39, 0.29) is 11.9 Å². The maximum Gasteiger partial charge on any atom is 0.327 e. The van der Waals surface area contributed by atoms with Gasteiger partial charge in [0.15, 0.2) is 0 Å². The van der Waals surface area contributed by atoms with Gasteiger partial charge < -0.3 is 9.64 Å². The number of carbonyl (C=O) groups excluding carboxylic acids is 2. The van der Waals surface area contributed by atoms with Crippen molar-refractivity contribution in [3.05, 3.63) is 78.1 Å². The van der Waals surface area contributed by atoms with Gasteiger partial charge in [-0.05, 0) is 43.9 Å². The normalized spacial score (nSPS) is 17.8. The number of amides is 3. The van der Waals surface area contributed by atoms with Gasteiger partial charge in [-0.1, -0.05) is 42.5 Å². The minimum Gasteiger partial charge on any atom is -0.494 e. The van der Waals surface area contributed by atoms with E-state index in [1.54, 1.807) is 7.11 Å². The number of likely N-dealkylation sites (tertiary alicyclic amines) is 1. The zero-order valence-electron chi connectivity index (χ0n) is 21.0. The van der Waals surface area contributed by atoms with Crippen molar-refractivity contribution in [2.45, 2.75) is 38.3 Å². The van der Waals surface area contributed by atoms with Crippen molar-refractivity contribution in [2.24, 2.45) is 0 Å². The number of hydrogen-bond donors (Lipinski definition) is 0. The average Bonchev–Trinajstić information content (AvgIpc) is 3.45. The van der Waals surface area contributed by atoms with E-state index in [0.717, 1.165) is 43.1 Å². The van der Waals surface area contributed by atoms with Crippen LogP contribution in [0.1, 0.15) is 30.9 Å². The highest BCUT2D eigenvalue weighted by molar-refractivity contribution is 6.07. The van der Waals surface area contributed by atoms with Crippen LogP contribution in [0.25, 0.3) is 5.69 Å². The summed E-state index contributed by atoms with van der Waals surface area (Å²) >= 11 is 0. The third-order valence-electron chi connectivity index (χ3n) is 7.46. The second-order valence-corrected chi connectivity index (χ2v) is 9.49. The van der Waals surface area contributed by atoms with Crippen molar-refractivity contribution < 1.29 is 14.3 Å². The first-order chi connectivity index (χ1) is 17.6. The number of carbonyl (C=O) groups is 2. The van der Waals surface area contributed by atoms with Crippen LogP contribution >= 0.6 is 0 Å². The molecule has 3 heterocycles. The lowest BCUT2D eigenvalue weighted by molar-refractivity contribution is -0.135. The molecule has 8 heteroatoms. The molecule has 3 amide bonds. The molecule has 1 aromatic heterocycles. The number of hydrogen-bond acceptors (Lipinski definition) is 5. The molecule has 1 spiro atoms. The van der Waals surface area contributed by atoms with Gasteiger partial charge in [-0.3, -0.25) is 14.6 Å². The Morgan fingerprint density at radius 2 is 1.69 bits per heavy atom. The van der Waals surface area contributed by atoms with Crippen LogP contribution in [0.4, 0.5) is 4.79 Å². The zero-order valence-corrected chi connectivity index (χ0v) is 21.0. The van der Waals surface area contributed by atoms with E-state index in [4.69, 9.17) is 4.74 Å². The molecule has 0 bridgehead atoms. The highest BCUT2D eigenvalue weighted by Gasteiger charge is 2.57. The fraction of sp³-hybridized carbons (Fsp3) is 0.393. The Balaban J connectivity index is 1.27. The standard InChI is InChI=1S/C28H33N5O3/c1-3-31-26(34)28(32(27(31)35)16-13-22-9-5-4-6-10-22)14-17-30(18-15-28)20-23-19-29-33(21-23)24-11-7-8-12-25(24)36-2/h4-12,19,21H,3,13-18,20H2,1-2H3. The molecular formula is C28H33N5O3. The Labute approximate surface area is 212 Å². The SMILES string of the molecule is CCN1C(=O)N(CCc2ccccc2)C2(CCN(Cc3cnn(-c4ccccc4OC)c3)CC2)C1=O. The average molecular weight is 488 g/mol. The van der Waals surface area contributed by atoms with E-state index >= 15 is 0 Å². The van der Waals surface area contributed by atoms with Gasteiger partial charge in [0.1, 0.15) is 17.0 Å². The van der Waals surface area contributed by atoms with Crippen molar-refractivity contribution in [3.63, 3.8) is 0 Å². The van der Waals surface area contributed by atoms with Crippen LogP contribution in [0, 0.1) is 0 Å². The molecule has 2 aromatic carbocycles. The van der Waals surface area contributed by atoms with E-state index in [1.165, 1.54) is 10.5 Å². The summed E-state index contributed by atoms with van der Waals surface area (Å²) in [5.74, 6) is 0.735. The number of ether oxygens (including phenoxy) is 1. The third kappa shape index (κ3) is 4.37. The molecule has 188 valence electrons. The highest BCUT2D eigenvalue weighted by Crippen LogP contribution is 2.37. The molecule has 2 saturated heterocycles. The summed E-state index contributed by atoms with van der Waals surface area (Å²) in [6.07, 6.45) is 5.93. The van der Waals surface area contributed by atoms with E-state index in [2.05, 4.69) is 22.1 Å². The molecule has 0 unspecified atom stereocenters. The summed E-state index contributed by atoms with van der Waals surface area (Å²) in [5.41, 5.74) is 2.43. The molecule has 5 rings (SSSR count). The molecular weight excluding hydrogens is 454 g/mol. The predicted molar refractivity (Wildman–Crippen MR) is 137 cm³/mol. The molecule has 0 N–H and O–H groups in total. The van der Waals surface area contributed by atoms with E-state index in [0.29, 0.717) is 25.9 Å². The monoisotopic (exact) mass is 487 g/mol. The van der Waals surface area contributed by atoms with Crippen LogP contribution in [-0.2, 0) is 17.8 Å². The van der Waals surface area contributed by atoms with Gasteiger partial charge in [-0.25, -0.2) is 9.48 Å². The van der Waals surface area contributed by atoms with Crippen LogP contribution < -0.4 is 4.74 Å². The second kappa shape index (κ2) is 10.1. The lowest BCUT2D eigenvalue weighted by atomic mass is 9.85. The van der Waals surface area contributed by atoms with Gasteiger partial charge in [-0.2, -0.15) is 5.10 Å². The first-order valence-corrected chi connectivity index (χ1v) is 12.6. The van der Waals surface area contributed by atoms with Crippen molar-refractivity contribution in [2.75, 3.05) is 33.3 Å². The molecule has 0 atom stereocenters. The van der Waals surface area contributed by atoms with Crippen LogP contribution in [0.5, 0.6) is 5.75 Å². The van der Waals surface area contributed by atoms with Crippen molar-refractivity contribution >= 4 is 11.9 Å². The van der Waals surface area contributed by atoms with E-state index < -0.39 is 5.54 Å². The zero-order chi connectivity index (χ0) is 25.1. The summed E-state index contributed by atoms with van der Waals surface area (Å²) in [7, 11) is 1.66. The highest BCUT2D eigenvalue weighted by atomic mass is 16.5. The topological polar surface area (TPSA) is 70.9 Å². The van der Waals surface area contributed by atoms with Crippen molar-refractivity contribution in [1.82, 2.24) is 24.5 Å². The van der Waals surface area contributed by atoms with Crippen LogP contribution in [0.15, 0.2) is 67.0 Å². The minimum atomic E-state index is -0.736. The Kier molecular flexibility index (Phi) is 6.78. The van der Waals surface area contributed by atoms with Gasteiger partial charge in [-0.15, -0.1) is 0 Å². The lowest BCUT2D eigenvalue weighted by Gasteiger charge is -2.42. The van der Waals surface area contributed by atoms with Gasteiger partial charge in [0, 0.05) is 44.5 Å². The lowest BCUT2D eigenvalue weighted by Crippen LogP contribution is -2.56. The Morgan fingerprint density at radius 3 is 2.42 bits per heavy atom. The number of benzene rings is 2. The smallest absolute Gasteiger partial charge is 0.327 e. The van der Waals surface area contributed by atoms with Crippen molar-refractivity contribution in [1.29, 1.82) is 0 Å². The van der Waals surface area contributed by atoms with Crippen LogP contribution in [-0.4, -0.2) is 75.2 Å². The molecule has 8 nitrogen and oxygen atoms in total. The summed E-state index contributed by atoms with van der Waals surface area (Å²) < 4.78 is 7.30. The fourth-order valence-electron chi connectivity index (χ4n) is 5.47. The molecule has 0 radical (unpaired) electrons. The number of aromatic nitrogens is 2. The number of piperidine rings is 1. The molecule has 36 heavy (non-hydrogen) atoms. The van der Waals surface area contributed by atoms with E-state index in [1.807, 2.05) is 71.4 Å². The molecule has 2 fully saturated rings. The summed E-state index contributed by atoms with van der Waals surface area (Å²) in [6, 6.07) is 17.8. The maximum absolute atomic E-state index is 13.5. The van der Waals surface area contributed by atoms with Crippen molar-refractivity contribution in [3.8, 4) is 11.4 Å².